The third-order valence-electron chi connectivity index (χ3n) is 10.7. The molecule has 0 radical (unpaired) electrons. The van der Waals surface area contributed by atoms with E-state index >= 15 is 0 Å². The summed E-state index contributed by atoms with van der Waals surface area (Å²) >= 11 is 0. The van der Waals surface area contributed by atoms with E-state index in [1.165, 1.54) is 33.5 Å². The number of piperazine rings is 1. The summed E-state index contributed by atoms with van der Waals surface area (Å²) < 4.78 is 5.53. The first-order chi connectivity index (χ1) is 22.9. The molecule has 0 bridgehead atoms. The summed E-state index contributed by atoms with van der Waals surface area (Å²) in [6.07, 6.45) is 3.49. The van der Waals surface area contributed by atoms with Crippen LogP contribution in [0.2, 0.25) is 0 Å². The molecule has 244 valence electrons. The van der Waals surface area contributed by atoms with E-state index in [2.05, 4.69) is 89.5 Å². The standard InChI is InChI=1S/C41H47N3O3/c1-31-12-18-38-35(28-31)15-19-37(33-10-6-3-7-11-33)39(38)34-13-16-36(17-14-34)43-22-20-41(46,21-23-43)30-42-24-26-44(27-25-42)40(45)47-29-32-8-4-2-5-9-32/h2-14,16-18,28,37,39,46H,15,19-27,29-30H2,1H3/t37-,39+/m1/s1. The minimum Gasteiger partial charge on any atom is -0.445 e. The van der Waals surface area contributed by atoms with Crippen molar-refractivity contribution < 1.29 is 14.6 Å². The maximum Gasteiger partial charge on any atom is 0.410 e. The van der Waals surface area contributed by atoms with E-state index in [0.717, 1.165) is 57.4 Å². The van der Waals surface area contributed by atoms with Crippen LogP contribution < -0.4 is 4.90 Å². The lowest BCUT2D eigenvalue weighted by atomic mass is 9.69. The van der Waals surface area contributed by atoms with E-state index in [-0.39, 0.29) is 6.09 Å². The highest BCUT2D eigenvalue weighted by atomic mass is 16.6. The second kappa shape index (κ2) is 13.9. The highest BCUT2D eigenvalue weighted by molar-refractivity contribution is 5.67. The van der Waals surface area contributed by atoms with Gasteiger partial charge >= 0.3 is 6.09 Å². The van der Waals surface area contributed by atoms with Crippen molar-refractivity contribution in [3.05, 3.63) is 137 Å². The number of aliphatic hydroxyl groups is 1. The average molecular weight is 630 g/mol. The first-order valence-electron chi connectivity index (χ1n) is 17.3. The molecule has 1 amide bonds. The Balaban J connectivity index is 0.941. The van der Waals surface area contributed by atoms with Crippen molar-refractivity contribution in [3.63, 3.8) is 0 Å². The van der Waals surface area contributed by atoms with E-state index in [1.807, 2.05) is 30.3 Å². The summed E-state index contributed by atoms with van der Waals surface area (Å²) in [5, 5.41) is 11.6. The third-order valence-corrected chi connectivity index (χ3v) is 10.7. The number of benzene rings is 4. The molecular weight excluding hydrogens is 582 g/mol. The molecule has 0 aromatic heterocycles. The normalized spacial score (nSPS) is 21.2. The smallest absolute Gasteiger partial charge is 0.410 e. The molecule has 2 saturated heterocycles. The van der Waals surface area contributed by atoms with Crippen LogP contribution in [0.15, 0.2) is 103 Å². The fourth-order valence-corrected chi connectivity index (χ4v) is 7.97. The zero-order chi connectivity index (χ0) is 32.2. The molecule has 2 aliphatic heterocycles. The first kappa shape index (κ1) is 31.5. The maximum absolute atomic E-state index is 12.6. The highest BCUT2D eigenvalue weighted by Crippen LogP contribution is 2.46. The van der Waals surface area contributed by atoms with Gasteiger partial charge in [0.1, 0.15) is 6.61 Å². The molecule has 7 rings (SSSR count). The summed E-state index contributed by atoms with van der Waals surface area (Å²) in [6, 6.07) is 37.1. The predicted octanol–water partition coefficient (Wildman–Crippen LogP) is 7.14. The number of carbonyl (C=O) groups is 1. The zero-order valence-electron chi connectivity index (χ0n) is 27.6. The van der Waals surface area contributed by atoms with E-state index in [0.29, 0.717) is 38.1 Å². The van der Waals surface area contributed by atoms with Crippen LogP contribution in [0.5, 0.6) is 0 Å². The number of anilines is 1. The van der Waals surface area contributed by atoms with Crippen molar-refractivity contribution in [2.45, 2.75) is 56.7 Å². The van der Waals surface area contributed by atoms with Gasteiger partial charge in [0, 0.05) is 57.4 Å². The minimum atomic E-state index is -0.709. The molecule has 0 saturated carbocycles. The summed E-state index contributed by atoms with van der Waals surface area (Å²) in [7, 11) is 0. The Bertz CT molecular complexity index is 1630. The van der Waals surface area contributed by atoms with Gasteiger partial charge in [-0.1, -0.05) is 96.6 Å². The number of β-amino-alcohol motifs (C(OH)–C–C–N with tert-alkyl or cyclic N) is 1. The van der Waals surface area contributed by atoms with Crippen molar-refractivity contribution >= 4 is 11.8 Å². The highest BCUT2D eigenvalue weighted by Gasteiger charge is 2.36. The summed E-state index contributed by atoms with van der Waals surface area (Å²) in [5.74, 6) is 0.803. The van der Waals surface area contributed by atoms with Gasteiger partial charge in [-0.2, -0.15) is 0 Å². The Morgan fingerprint density at radius 2 is 1.49 bits per heavy atom. The molecule has 4 aromatic rings. The molecule has 2 heterocycles. The number of amides is 1. The van der Waals surface area contributed by atoms with Crippen LogP contribution in [0.3, 0.4) is 0 Å². The predicted molar refractivity (Wildman–Crippen MR) is 188 cm³/mol. The van der Waals surface area contributed by atoms with E-state index in [4.69, 9.17) is 4.74 Å². The van der Waals surface area contributed by atoms with Crippen molar-refractivity contribution in [1.29, 1.82) is 0 Å². The number of rotatable bonds is 7. The van der Waals surface area contributed by atoms with Crippen molar-refractivity contribution in [2.75, 3.05) is 50.7 Å². The number of ether oxygens (including phenoxy) is 1. The number of fused-ring (bicyclic) bond motifs is 1. The molecule has 1 aliphatic carbocycles. The number of aryl methyl sites for hydroxylation is 2. The van der Waals surface area contributed by atoms with Gasteiger partial charge in [-0.3, -0.25) is 4.90 Å². The van der Waals surface area contributed by atoms with Crippen molar-refractivity contribution in [3.8, 4) is 0 Å². The van der Waals surface area contributed by atoms with E-state index < -0.39 is 5.60 Å². The van der Waals surface area contributed by atoms with Gasteiger partial charge in [0.2, 0.25) is 0 Å². The molecule has 6 heteroatoms. The van der Waals surface area contributed by atoms with Gasteiger partial charge < -0.3 is 19.6 Å². The first-order valence-corrected chi connectivity index (χ1v) is 17.3. The van der Waals surface area contributed by atoms with Crippen molar-refractivity contribution in [2.24, 2.45) is 0 Å². The number of hydrogen-bond donors (Lipinski definition) is 1. The summed E-state index contributed by atoms with van der Waals surface area (Å²) in [5.41, 5.74) is 8.61. The molecule has 47 heavy (non-hydrogen) atoms. The van der Waals surface area contributed by atoms with Gasteiger partial charge in [0.25, 0.3) is 0 Å². The molecule has 3 aliphatic rings. The lowest BCUT2D eigenvalue weighted by molar-refractivity contribution is -0.0264. The van der Waals surface area contributed by atoms with Crippen molar-refractivity contribution in [1.82, 2.24) is 9.80 Å². The summed E-state index contributed by atoms with van der Waals surface area (Å²) in [4.78, 5) is 19.1. The molecule has 4 aromatic carbocycles. The number of nitrogens with zero attached hydrogens (tertiary/aromatic N) is 3. The lowest BCUT2D eigenvalue weighted by Crippen LogP contribution is -2.56. The Morgan fingerprint density at radius 3 is 2.19 bits per heavy atom. The number of carbonyl (C=O) groups excluding carboxylic acids is 1. The molecule has 2 atom stereocenters. The number of piperidine rings is 1. The molecule has 6 nitrogen and oxygen atoms in total. The third kappa shape index (κ3) is 7.24. The molecule has 0 spiro atoms. The van der Waals surface area contributed by atoms with Crippen LogP contribution >= 0.6 is 0 Å². The van der Waals surface area contributed by atoms with Crippen LogP contribution in [-0.4, -0.2) is 72.4 Å². The van der Waals surface area contributed by atoms with Gasteiger partial charge in [-0.25, -0.2) is 4.79 Å². The zero-order valence-corrected chi connectivity index (χ0v) is 27.6. The monoisotopic (exact) mass is 629 g/mol. The van der Waals surface area contributed by atoms with Crippen LogP contribution in [0.1, 0.15) is 64.5 Å². The van der Waals surface area contributed by atoms with Gasteiger partial charge in [0.15, 0.2) is 0 Å². The van der Waals surface area contributed by atoms with Crippen LogP contribution in [0, 0.1) is 6.92 Å². The van der Waals surface area contributed by atoms with Crippen LogP contribution in [-0.2, 0) is 17.8 Å². The SMILES string of the molecule is Cc1ccc2c(c1)CC[C@H](c1ccccc1)[C@@H]2c1ccc(N2CCC(O)(CN3CCN(C(=O)OCc4ccccc4)CC3)CC2)cc1. The molecule has 0 unspecified atom stereocenters. The average Bonchev–Trinajstić information content (AvgIpc) is 3.11. The Labute approximate surface area is 279 Å². The van der Waals surface area contributed by atoms with Gasteiger partial charge in [-0.05, 0) is 78.5 Å². The van der Waals surface area contributed by atoms with E-state index in [1.54, 1.807) is 4.90 Å². The molecule has 2 fully saturated rings. The molecule has 1 N–H and O–H groups in total. The topological polar surface area (TPSA) is 56.2 Å². The quantitative estimate of drug-likeness (QED) is 0.236. The lowest BCUT2D eigenvalue weighted by Gasteiger charge is -2.43. The van der Waals surface area contributed by atoms with Gasteiger partial charge in [0.05, 0.1) is 5.60 Å². The fraction of sp³-hybridized carbons (Fsp3) is 0.390. The fourth-order valence-electron chi connectivity index (χ4n) is 7.97. The van der Waals surface area contributed by atoms with Crippen LogP contribution in [0.4, 0.5) is 10.5 Å². The second-order valence-electron chi connectivity index (χ2n) is 13.8. The largest absolute Gasteiger partial charge is 0.445 e. The Morgan fingerprint density at radius 1 is 0.809 bits per heavy atom. The minimum absolute atomic E-state index is 0.259. The Hall–Kier alpha value is -4.13. The van der Waals surface area contributed by atoms with Gasteiger partial charge in [-0.15, -0.1) is 0 Å². The Kier molecular flexibility index (Phi) is 9.32. The summed E-state index contributed by atoms with van der Waals surface area (Å²) in [6.45, 7) is 7.55. The van der Waals surface area contributed by atoms with E-state index in [9.17, 15) is 9.90 Å². The second-order valence-corrected chi connectivity index (χ2v) is 13.8. The maximum atomic E-state index is 12.6. The number of hydrogen-bond acceptors (Lipinski definition) is 5. The van der Waals surface area contributed by atoms with Crippen LogP contribution in [0.25, 0.3) is 0 Å². The molecular formula is C41H47N3O3.